The minimum atomic E-state index is -3.53. The summed E-state index contributed by atoms with van der Waals surface area (Å²) < 4.78 is 32.0. The summed E-state index contributed by atoms with van der Waals surface area (Å²) in [4.78, 5) is 22.8. The highest BCUT2D eigenvalue weighted by atomic mass is 32.2. The summed E-state index contributed by atoms with van der Waals surface area (Å²) in [6.07, 6.45) is 3.85. The minimum absolute atomic E-state index is 0.0621. The Morgan fingerprint density at radius 2 is 1.80 bits per heavy atom. The summed E-state index contributed by atoms with van der Waals surface area (Å²) in [6, 6.07) is 11.9. The van der Waals surface area contributed by atoms with Gasteiger partial charge in [-0.1, -0.05) is 23.4 Å². The van der Waals surface area contributed by atoms with E-state index in [0.29, 0.717) is 31.2 Å². The maximum Gasteiger partial charge on any atom is 0.243 e. The fourth-order valence-electron chi connectivity index (χ4n) is 3.26. The van der Waals surface area contributed by atoms with Crippen LogP contribution >= 0.6 is 0 Å². The molecule has 0 bridgehead atoms. The maximum atomic E-state index is 12.7. The third-order valence-electron chi connectivity index (χ3n) is 4.91. The predicted molar refractivity (Wildman–Crippen MR) is 108 cm³/mol. The molecule has 0 radical (unpaired) electrons. The van der Waals surface area contributed by atoms with Crippen LogP contribution in [0.1, 0.15) is 12.3 Å². The zero-order valence-electron chi connectivity index (χ0n) is 16.2. The predicted octanol–water partition coefficient (Wildman–Crippen LogP) is 1.60. The molecule has 0 saturated carbocycles. The molecule has 30 heavy (non-hydrogen) atoms. The molecule has 2 aromatic heterocycles. The van der Waals surface area contributed by atoms with E-state index in [1.807, 2.05) is 6.07 Å². The molecule has 1 aromatic carbocycles. The highest BCUT2D eigenvalue weighted by Gasteiger charge is 2.30. The monoisotopic (exact) mass is 427 g/mol. The molecule has 0 aliphatic carbocycles. The lowest BCUT2D eigenvalue weighted by molar-refractivity contribution is -0.132. The third kappa shape index (κ3) is 4.39. The van der Waals surface area contributed by atoms with Crippen LogP contribution in [-0.4, -0.2) is 64.8 Å². The molecule has 1 fully saturated rings. The van der Waals surface area contributed by atoms with Crippen molar-refractivity contribution in [3.05, 3.63) is 60.7 Å². The lowest BCUT2D eigenvalue weighted by Crippen LogP contribution is -2.50. The summed E-state index contributed by atoms with van der Waals surface area (Å²) in [6.45, 7) is 1.26. The summed E-state index contributed by atoms with van der Waals surface area (Å²) >= 11 is 0. The van der Waals surface area contributed by atoms with Gasteiger partial charge in [-0.25, -0.2) is 8.42 Å². The number of rotatable bonds is 6. The summed E-state index contributed by atoms with van der Waals surface area (Å²) in [5.74, 6) is 0.755. The molecule has 1 aliphatic heterocycles. The Labute approximate surface area is 174 Å². The van der Waals surface area contributed by atoms with E-state index >= 15 is 0 Å². The number of amides is 1. The molecule has 1 saturated heterocycles. The van der Waals surface area contributed by atoms with Crippen LogP contribution in [0.5, 0.6) is 0 Å². The van der Waals surface area contributed by atoms with E-state index in [1.165, 1.54) is 4.31 Å². The van der Waals surface area contributed by atoms with Crippen molar-refractivity contribution in [2.45, 2.75) is 17.7 Å². The van der Waals surface area contributed by atoms with Crippen LogP contribution in [0.25, 0.3) is 11.4 Å². The molecule has 1 aliphatic rings. The summed E-state index contributed by atoms with van der Waals surface area (Å²) in [7, 11) is -3.53. The smallest absolute Gasteiger partial charge is 0.243 e. The SMILES string of the molecule is O=C(CCc1nc(-c2cccnc2)no1)N1CCN(S(=O)(=O)c2ccccc2)CC1. The molecular formula is C20H21N5O4S. The van der Waals surface area contributed by atoms with E-state index in [9.17, 15) is 13.2 Å². The van der Waals surface area contributed by atoms with E-state index < -0.39 is 10.0 Å². The molecule has 0 N–H and O–H groups in total. The lowest BCUT2D eigenvalue weighted by Gasteiger charge is -2.34. The van der Waals surface area contributed by atoms with E-state index in [2.05, 4.69) is 15.1 Å². The quantitative estimate of drug-likeness (QED) is 0.588. The van der Waals surface area contributed by atoms with Crippen molar-refractivity contribution in [3.8, 4) is 11.4 Å². The summed E-state index contributed by atoms with van der Waals surface area (Å²) in [5.41, 5.74) is 0.745. The fraction of sp³-hybridized carbons (Fsp3) is 0.300. The molecule has 10 heteroatoms. The first kappa shape index (κ1) is 20.2. The number of pyridine rings is 1. The van der Waals surface area contributed by atoms with Gasteiger partial charge in [0.1, 0.15) is 0 Å². The number of aryl methyl sites for hydroxylation is 1. The largest absolute Gasteiger partial charge is 0.340 e. The zero-order valence-corrected chi connectivity index (χ0v) is 17.0. The number of carbonyl (C=O) groups excluding carboxylic acids is 1. The van der Waals surface area contributed by atoms with Crippen LogP contribution in [0.15, 0.2) is 64.3 Å². The minimum Gasteiger partial charge on any atom is -0.340 e. The highest BCUT2D eigenvalue weighted by Crippen LogP contribution is 2.18. The maximum absolute atomic E-state index is 12.7. The van der Waals surface area contributed by atoms with Gasteiger partial charge in [0, 0.05) is 57.0 Å². The van der Waals surface area contributed by atoms with Gasteiger partial charge in [0.2, 0.25) is 27.6 Å². The third-order valence-corrected chi connectivity index (χ3v) is 6.83. The van der Waals surface area contributed by atoms with Crippen molar-refractivity contribution >= 4 is 15.9 Å². The zero-order chi connectivity index (χ0) is 21.0. The van der Waals surface area contributed by atoms with Crippen LogP contribution < -0.4 is 0 Å². The average Bonchev–Trinajstić information content (AvgIpc) is 3.28. The van der Waals surface area contributed by atoms with Crippen LogP contribution in [0, 0.1) is 0 Å². The Balaban J connectivity index is 1.29. The Morgan fingerprint density at radius 3 is 2.50 bits per heavy atom. The topological polar surface area (TPSA) is 109 Å². The number of benzene rings is 1. The molecule has 0 unspecified atom stereocenters. The molecule has 3 aromatic rings. The number of carbonyl (C=O) groups is 1. The number of hydrogen-bond acceptors (Lipinski definition) is 7. The Bertz CT molecular complexity index is 1090. The molecule has 0 spiro atoms. The molecule has 1 amide bonds. The Morgan fingerprint density at radius 1 is 1.03 bits per heavy atom. The van der Waals surface area contributed by atoms with E-state index in [0.717, 1.165) is 5.56 Å². The Kier molecular flexibility index (Phi) is 5.86. The first-order chi connectivity index (χ1) is 14.5. The van der Waals surface area contributed by atoms with Crippen LogP contribution in [0.4, 0.5) is 0 Å². The van der Waals surface area contributed by atoms with Gasteiger partial charge in [-0.15, -0.1) is 0 Å². The number of aromatic nitrogens is 3. The van der Waals surface area contributed by atoms with Gasteiger partial charge < -0.3 is 9.42 Å². The van der Waals surface area contributed by atoms with Gasteiger partial charge in [-0.05, 0) is 24.3 Å². The second kappa shape index (κ2) is 8.72. The first-order valence-corrected chi connectivity index (χ1v) is 11.0. The van der Waals surface area contributed by atoms with E-state index in [1.54, 1.807) is 53.7 Å². The standard InChI is InChI=1S/C20H21N5O4S/c26-19(9-8-18-22-20(23-29-18)16-5-4-10-21-15-16)24-11-13-25(14-12-24)30(27,28)17-6-2-1-3-7-17/h1-7,10,15H,8-9,11-14H2. The van der Waals surface area contributed by atoms with Gasteiger partial charge in [-0.2, -0.15) is 9.29 Å². The second-order valence-electron chi connectivity index (χ2n) is 6.85. The fourth-order valence-corrected chi connectivity index (χ4v) is 4.70. The average molecular weight is 427 g/mol. The van der Waals surface area contributed by atoms with Gasteiger partial charge in [-0.3, -0.25) is 9.78 Å². The number of piperazine rings is 1. The lowest BCUT2D eigenvalue weighted by atomic mass is 10.2. The van der Waals surface area contributed by atoms with Gasteiger partial charge in [0.05, 0.1) is 4.90 Å². The normalized spacial score (nSPS) is 15.3. The second-order valence-corrected chi connectivity index (χ2v) is 8.79. The molecule has 9 nitrogen and oxygen atoms in total. The van der Waals surface area contributed by atoms with Crippen LogP contribution in [0.2, 0.25) is 0 Å². The van der Waals surface area contributed by atoms with Gasteiger partial charge >= 0.3 is 0 Å². The van der Waals surface area contributed by atoms with Crippen molar-refractivity contribution < 1.29 is 17.7 Å². The highest BCUT2D eigenvalue weighted by molar-refractivity contribution is 7.89. The van der Waals surface area contributed by atoms with Crippen molar-refractivity contribution in [3.63, 3.8) is 0 Å². The van der Waals surface area contributed by atoms with E-state index in [-0.39, 0.29) is 30.3 Å². The molecule has 3 heterocycles. The van der Waals surface area contributed by atoms with Crippen molar-refractivity contribution in [1.29, 1.82) is 0 Å². The number of nitrogens with zero attached hydrogens (tertiary/aromatic N) is 5. The molecule has 0 atom stereocenters. The van der Waals surface area contributed by atoms with Gasteiger partial charge in [0.25, 0.3) is 0 Å². The number of sulfonamides is 1. The van der Waals surface area contributed by atoms with E-state index in [4.69, 9.17) is 4.52 Å². The van der Waals surface area contributed by atoms with Crippen molar-refractivity contribution in [2.24, 2.45) is 0 Å². The van der Waals surface area contributed by atoms with Crippen molar-refractivity contribution in [2.75, 3.05) is 26.2 Å². The molecular weight excluding hydrogens is 406 g/mol. The van der Waals surface area contributed by atoms with Crippen molar-refractivity contribution in [1.82, 2.24) is 24.3 Å². The number of hydrogen-bond donors (Lipinski definition) is 0. The molecule has 156 valence electrons. The van der Waals surface area contributed by atoms with Crippen LogP contribution in [-0.2, 0) is 21.2 Å². The summed E-state index contributed by atoms with van der Waals surface area (Å²) in [5, 5.41) is 3.92. The van der Waals surface area contributed by atoms with Gasteiger partial charge in [0.15, 0.2) is 0 Å². The first-order valence-electron chi connectivity index (χ1n) is 9.60. The Hall–Kier alpha value is -3.11. The van der Waals surface area contributed by atoms with Crippen LogP contribution in [0.3, 0.4) is 0 Å². The molecule has 4 rings (SSSR count).